The van der Waals surface area contributed by atoms with Crippen LogP contribution in [-0.2, 0) is 0 Å². The summed E-state index contributed by atoms with van der Waals surface area (Å²) in [5.74, 6) is 1.03. The molecule has 160 valence electrons. The van der Waals surface area contributed by atoms with Crippen LogP contribution in [0.15, 0.2) is 49.1 Å². The molecule has 0 radical (unpaired) electrons. The molecule has 32 heavy (non-hydrogen) atoms. The van der Waals surface area contributed by atoms with Crippen LogP contribution in [0.5, 0.6) is 0 Å². The second kappa shape index (κ2) is 7.42. The van der Waals surface area contributed by atoms with E-state index in [0.29, 0.717) is 0 Å². The number of hydrogen-bond acceptors (Lipinski definition) is 6. The summed E-state index contributed by atoms with van der Waals surface area (Å²) in [5, 5.41) is 9.90. The van der Waals surface area contributed by atoms with Crippen LogP contribution in [0.2, 0.25) is 0 Å². The number of aromatic nitrogens is 6. The van der Waals surface area contributed by atoms with Crippen molar-refractivity contribution in [2.45, 2.75) is 6.92 Å². The number of rotatable bonds is 3. The quantitative estimate of drug-likeness (QED) is 0.460. The fourth-order valence-electron chi connectivity index (χ4n) is 4.44. The molecule has 5 aromatic rings. The Bertz CT molecular complexity index is 1420. The Balaban J connectivity index is 1.45. The summed E-state index contributed by atoms with van der Waals surface area (Å²) < 4.78 is 0. The number of nitrogens with one attached hydrogen (secondary N) is 2. The van der Waals surface area contributed by atoms with Gasteiger partial charge in [-0.25, -0.2) is 4.98 Å². The molecular formula is C24H24N8. The maximum atomic E-state index is 4.72. The van der Waals surface area contributed by atoms with Gasteiger partial charge >= 0.3 is 0 Å². The van der Waals surface area contributed by atoms with Crippen LogP contribution < -0.4 is 4.90 Å². The van der Waals surface area contributed by atoms with Crippen LogP contribution in [0.3, 0.4) is 0 Å². The number of pyridine rings is 3. The molecule has 0 saturated carbocycles. The van der Waals surface area contributed by atoms with Gasteiger partial charge in [-0.15, -0.1) is 0 Å². The SMILES string of the molecule is Cc1ccncc1-c1cc2c(-c3cc4c(N5CCN(C)CC5)nccc4[nH]3)n[nH]c2cn1. The first-order valence-corrected chi connectivity index (χ1v) is 10.8. The Labute approximate surface area is 185 Å². The van der Waals surface area contributed by atoms with E-state index in [9.17, 15) is 0 Å². The summed E-state index contributed by atoms with van der Waals surface area (Å²) in [6.07, 6.45) is 7.39. The highest BCUT2D eigenvalue weighted by Crippen LogP contribution is 2.33. The molecule has 1 aliphatic heterocycles. The van der Waals surface area contributed by atoms with E-state index in [2.05, 4.69) is 61.1 Å². The third-order valence-corrected chi connectivity index (χ3v) is 6.35. The Kier molecular flexibility index (Phi) is 4.39. The van der Waals surface area contributed by atoms with Gasteiger partial charge in [0.2, 0.25) is 0 Å². The van der Waals surface area contributed by atoms with Crippen LogP contribution in [0.4, 0.5) is 5.82 Å². The van der Waals surface area contributed by atoms with Crippen LogP contribution >= 0.6 is 0 Å². The average molecular weight is 425 g/mol. The van der Waals surface area contributed by atoms with Gasteiger partial charge in [-0.1, -0.05) is 0 Å². The zero-order valence-corrected chi connectivity index (χ0v) is 18.1. The smallest absolute Gasteiger partial charge is 0.138 e. The molecule has 1 saturated heterocycles. The van der Waals surface area contributed by atoms with Gasteiger partial charge in [0.25, 0.3) is 0 Å². The molecule has 0 bridgehead atoms. The van der Waals surface area contributed by atoms with E-state index >= 15 is 0 Å². The molecule has 5 aromatic heterocycles. The first-order chi connectivity index (χ1) is 15.7. The van der Waals surface area contributed by atoms with E-state index < -0.39 is 0 Å². The molecular weight excluding hydrogens is 400 g/mol. The summed E-state index contributed by atoms with van der Waals surface area (Å²) in [4.78, 5) is 21.9. The summed E-state index contributed by atoms with van der Waals surface area (Å²) in [5.41, 5.74) is 6.88. The van der Waals surface area contributed by atoms with Crippen molar-refractivity contribution in [3.05, 3.63) is 54.6 Å². The number of fused-ring (bicyclic) bond motifs is 2. The highest BCUT2D eigenvalue weighted by Gasteiger charge is 2.20. The number of piperazine rings is 1. The van der Waals surface area contributed by atoms with E-state index in [1.54, 1.807) is 6.20 Å². The minimum absolute atomic E-state index is 0.880. The minimum atomic E-state index is 0.880. The predicted molar refractivity (Wildman–Crippen MR) is 127 cm³/mol. The van der Waals surface area contributed by atoms with Crippen molar-refractivity contribution in [3.63, 3.8) is 0 Å². The van der Waals surface area contributed by atoms with E-state index in [0.717, 1.165) is 82.0 Å². The molecule has 1 fully saturated rings. The number of hydrogen-bond donors (Lipinski definition) is 2. The number of anilines is 1. The Hall–Kier alpha value is -3.78. The summed E-state index contributed by atoms with van der Waals surface area (Å²) in [6.45, 7) is 6.12. The molecule has 6 rings (SSSR count). The molecule has 6 heterocycles. The van der Waals surface area contributed by atoms with E-state index in [4.69, 9.17) is 4.98 Å². The van der Waals surface area contributed by atoms with E-state index in [1.165, 1.54) is 0 Å². The lowest BCUT2D eigenvalue weighted by molar-refractivity contribution is 0.312. The predicted octanol–water partition coefficient (Wildman–Crippen LogP) is 3.62. The molecule has 0 aliphatic carbocycles. The molecule has 0 spiro atoms. The highest BCUT2D eigenvalue weighted by atomic mass is 15.3. The molecule has 0 amide bonds. The number of nitrogens with zero attached hydrogens (tertiary/aromatic N) is 6. The third-order valence-electron chi connectivity index (χ3n) is 6.35. The fourth-order valence-corrected chi connectivity index (χ4v) is 4.44. The van der Waals surface area contributed by atoms with E-state index in [-0.39, 0.29) is 0 Å². The molecule has 8 nitrogen and oxygen atoms in total. The third kappa shape index (κ3) is 3.11. The van der Waals surface area contributed by atoms with Crippen LogP contribution in [0.1, 0.15) is 5.56 Å². The first kappa shape index (κ1) is 18.9. The Morgan fingerprint density at radius 3 is 2.62 bits per heavy atom. The second-order valence-electron chi connectivity index (χ2n) is 8.45. The van der Waals surface area contributed by atoms with Crippen molar-refractivity contribution in [1.82, 2.24) is 35.0 Å². The number of aryl methyl sites for hydroxylation is 1. The lowest BCUT2D eigenvalue weighted by Crippen LogP contribution is -2.44. The van der Waals surface area contributed by atoms with Crippen molar-refractivity contribution < 1.29 is 0 Å². The van der Waals surface area contributed by atoms with Gasteiger partial charge in [-0.3, -0.25) is 15.1 Å². The van der Waals surface area contributed by atoms with Gasteiger partial charge in [0.15, 0.2) is 0 Å². The highest BCUT2D eigenvalue weighted by molar-refractivity contribution is 5.99. The lowest BCUT2D eigenvalue weighted by atomic mass is 10.1. The zero-order chi connectivity index (χ0) is 21.7. The van der Waals surface area contributed by atoms with Gasteiger partial charge in [0.05, 0.1) is 28.6 Å². The number of aromatic amines is 2. The van der Waals surface area contributed by atoms with Crippen molar-refractivity contribution in [3.8, 4) is 22.6 Å². The minimum Gasteiger partial charge on any atom is -0.353 e. The summed E-state index contributed by atoms with van der Waals surface area (Å²) in [7, 11) is 2.17. The second-order valence-corrected chi connectivity index (χ2v) is 8.45. The maximum absolute atomic E-state index is 4.72. The average Bonchev–Trinajstić information content (AvgIpc) is 3.43. The zero-order valence-electron chi connectivity index (χ0n) is 18.1. The van der Waals surface area contributed by atoms with Crippen LogP contribution in [0, 0.1) is 6.92 Å². The molecule has 8 heteroatoms. The first-order valence-electron chi connectivity index (χ1n) is 10.8. The lowest BCUT2D eigenvalue weighted by Gasteiger charge is -2.33. The number of H-pyrrole nitrogens is 2. The summed E-state index contributed by atoms with van der Waals surface area (Å²) >= 11 is 0. The van der Waals surface area contributed by atoms with Crippen molar-refractivity contribution in [2.75, 3.05) is 38.1 Å². The van der Waals surface area contributed by atoms with Crippen LogP contribution in [-0.4, -0.2) is 68.3 Å². The Morgan fingerprint density at radius 1 is 0.906 bits per heavy atom. The number of likely N-dealkylation sites (N-methyl/N-ethyl adjacent to an activating group) is 1. The standard InChI is InChI=1S/C24H24N8/c1-15-3-5-25-13-18(15)20-11-16-22(14-27-20)29-30-23(16)21-12-17-19(28-21)4-6-26-24(17)32-9-7-31(2)8-10-32/h3-6,11-14,28H,7-10H2,1-2H3,(H,29,30). The van der Waals surface area contributed by atoms with Crippen LogP contribution in [0.25, 0.3) is 44.5 Å². The van der Waals surface area contributed by atoms with Crippen molar-refractivity contribution in [1.29, 1.82) is 0 Å². The molecule has 0 unspecified atom stereocenters. The molecule has 2 N–H and O–H groups in total. The largest absolute Gasteiger partial charge is 0.353 e. The summed E-state index contributed by atoms with van der Waals surface area (Å²) in [6, 6.07) is 8.28. The van der Waals surface area contributed by atoms with Crippen molar-refractivity contribution >= 4 is 27.6 Å². The normalized spacial score (nSPS) is 15.1. The topological polar surface area (TPSA) is 89.6 Å². The van der Waals surface area contributed by atoms with E-state index in [1.807, 2.05) is 30.7 Å². The maximum Gasteiger partial charge on any atom is 0.138 e. The molecule has 0 atom stereocenters. The monoisotopic (exact) mass is 424 g/mol. The van der Waals surface area contributed by atoms with Gasteiger partial charge < -0.3 is 14.8 Å². The van der Waals surface area contributed by atoms with Crippen molar-refractivity contribution in [2.24, 2.45) is 0 Å². The van der Waals surface area contributed by atoms with Gasteiger partial charge in [-0.05, 0) is 43.8 Å². The molecule has 1 aliphatic rings. The molecule has 0 aromatic carbocycles. The fraction of sp³-hybridized carbons (Fsp3) is 0.250. The Morgan fingerprint density at radius 2 is 1.78 bits per heavy atom. The van der Waals surface area contributed by atoms with Gasteiger partial charge in [-0.2, -0.15) is 5.10 Å². The van der Waals surface area contributed by atoms with Gasteiger partial charge in [0.1, 0.15) is 11.5 Å². The van der Waals surface area contributed by atoms with Gasteiger partial charge in [0, 0.05) is 61.1 Å².